The molecule has 1 aromatic rings. The van der Waals surface area contributed by atoms with Crippen molar-refractivity contribution in [2.75, 3.05) is 44.9 Å². The minimum absolute atomic E-state index is 0.00289. The van der Waals surface area contributed by atoms with Gasteiger partial charge in [0.15, 0.2) is 9.84 Å². The predicted molar refractivity (Wildman–Crippen MR) is 86.4 cm³/mol. The third-order valence-corrected chi connectivity index (χ3v) is 6.93. The highest BCUT2D eigenvalue weighted by molar-refractivity contribution is 7.91. The average Bonchev–Trinajstić information content (AvgIpc) is 3.19. The van der Waals surface area contributed by atoms with Gasteiger partial charge in [0.25, 0.3) is 0 Å². The van der Waals surface area contributed by atoms with Crippen LogP contribution in [0.3, 0.4) is 0 Å². The lowest BCUT2D eigenvalue weighted by Gasteiger charge is -2.43. The zero-order valence-corrected chi connectivity index (χ0v) is 14.7. The van der Waals surface area contributed by atoms with E-state index in [-0.39, 0.29) is 23.6 Å². The molecular formula is C15H24N4O4S. The lowest BCUT2D eigenvalue weighted by Crippen LogP contribution is -2.59. The number of rotatable bonds is 6. The summed E-state index contributed by atoms with van der Waals surface area (Å²) in [7, 11) is -1.33. The van der Waals surface area contributed by atoms with E-state index in [1.807, 2.05) is 0 Å². The predicted octanol–water partition coefficient (Wildman–Crippen LogP) is -0.123. The molecule has 4 rings (SSSR count). The van der Waals surface area contributed by atoms with Crippen LogP contribution in [0.4, 0.5) is 0 Å². The molecule has 1 aromatic heterocycles. The van der Waals surface area contributed by atoms with Gasteiger partial charge in [0.2, 0.25) is 11.8 Å². The smallest absolute Gasteiger partial charge is 0.230 e. The van der Waals surface area contributed by atoms with Gasteiger partial charge in [-0.25, -0.2) is 8.42 Å². The van der Waals surface area contributed by atoms with Crippen molar-refractivity contribution in [3.63, 3.8) is 0 Å². The van der Waals surface area contributed by atoms with Crippen molar-refractivity contribution < 1.29 is 17.6 Å². The Kier molecular flexibility index (Phi) is 4.36. The lowest BCUT2D eigenvalue weighted by atomic mass is 10.0. The molecule has 9 heteroatoms. The molecule has 3 fully saturated rings. The minimum atomic E-state index is -3.00. The highest BCUT2D eigenvalue weighted by Gasteiger charge is 2.46. The lowest BCUT2D eigenvalue weighted by molar-refractivity contribution is 0.0212. The molecule has 3 heterocycles. The summed E-state index contributed by atoms with van der Waals surface area (Å²) in [5.41, 5.74) is 0. The summed E-state index contributed by atoms with van der Waals surface area (Å²) in [5.74, 6) is 2.22. The third kappa shape index (κ3) is 3.35. The van der Waals surface area contributed by atoms with Gasteiger partial charge in [-0.15, -0.1) is 10.2 Å². The number of sulfone groups is 1. The first-order valence-corrected chi connectivity index (χ1v) is 10.4. The Labute approximate surface area is 142 Å². The van der Waals surface area contributed by atoms with Crippen molar-refractivity contribution in [2.24, 2.45) is 0 Å². The normalized spacial score (nSPS) is 30.5. The van der Waals surface area contributed by atoms with Crippen LogP contribution in [0.2, 0.25) is 0 Å². The molecule has 0 radical (unpaired) electrons. The second kappa shape index (κ2) is 6.36. The summed E-state index contributed by atoms with van der Waals surface area (Å²) in [4.78, 5) is 4.45. The van der Waals surface area contributed by atoms with E-state index in [1.54, 1.807) is 7.11 Å². The average molecular weight is 356 g/mol. The Morgan fingerprint density at radius 3 is 2.58 bits per heavy atom. The zero-order chi connectivity index (χ0) is 16.7. The first-order chi connectivity index (χ1) is 11.6. The molecule has 1 aliphatic carbocycles. The maximum absolute atomic E-state index is 12.2. The fourth-order valence-electron chi connectivity index (χ4n) is 3.78. The molecule has 1 saturated carbocycles. The molecule has 2 atom stereocenters. The first kappa shape index (κ1) is 16.4. The second-order valence-electron chi connectivity index (χ2n) is 7.02. The van der Waals surface area contributed by atoms with E-state index < -0.39 is 9.84 Å². The molecule has 0 aromatic carbocycles. The summed E-state index contributed by atoms with van der Waals surface area (Å²) in [6.07, 6.45) is 2.26. The Morgan fingerprint density at radius 1 is 1.17 bits per heavy atom. The Bertz CT molecular complexity index is 687. The van der Waals surface area contributed by atoms with Crippen molar-refractivity contribution in [1.29, 1.82) is 0 Å². The van der Waals surface area contributed by atoms with Crippen LogP contribution < -0.4 is 0 Å². The molecule has 0 unspecified atom stereocenters. The Balaban J connectivity index is 1.47. The number of aromatic nitrogens is 2. The van der Waals surface area contributed by atoms with E-state index in [4.69, 9.17) is 9.15 Å². The molecule has 3 aliphatic rings. The first-order valence-electron chi connectivity index (χ1n) is 8.55. The number of hydrogen-bond acceptors (Lipinski definition) is 8. The van der Waals surface area contributed by atoms with Crippen LogP contribution in [-0.2, 0) is 21.1 Å². The summed E-state index contributed by atoms with van der Waals surface area (Å²) < 4.78 is 35.3. The van der Waals surface area contributed by atoms with Gasteiger partial charge >= 0.3 is 0 Å². The van der Waals surface area contributed by atoms with Gasteiger partial charge in [0, 0.05) is 44.7 Å². The van der Waals surface area contributed by atoms with Gasteiger partial charge < -0.3 is 9.15 Å². The number of hydrogen-bond donors (Lipinski definition) is 0. The van der Waals surface area contributed by atoms with Crippen molar-refractivity contribution >= 4 is 9.84 Å². The van der Waals surface area contributed by atoms with Gasteiger partial charge in [-0.1, -0.05) is 0 Å². The van der Waals surface area contributed by atoms with Crippen molar-refractivity contribution in [1.82, 2.24) is 20.0 Å². The van der Waals surface area contributed by atoms with Crippen LogP contribution in [0.25, 0.3) is 0 Å². The van der Waals surface area contributed by atoms with Gasteiger partial charge in [-0.05, 0) is 12.8 Å². The number of methoxy groups -OCH3 is 1. The highest BCUT2D eigenvalue weighted by Crippen LogP contribution is 2.39. The fourth-order valence-corrected chi connectivity index (χ4v) is 5.82. The molecule has 8 nitrogen and oxygen atoms in total. The summed E-state index contributed by atoms with van der Waals surface area (Å²) in [5, 5.41) is 8.27. The standard InChI is InChI=1S/C15H24N4O4S/c1-22-7-6-18-4-5-19(13-10-24(20,21)9-12(13)18)8-14-16-17-15(23-14)11-2-3-11/h11-13H,2-10H2,1H3/t12-,13+/m1/s1. The van der Waals surface area contributed by atoms with Gasteiger partial charge in [0.05, 0.1) is 24.7 Å². The van der Waals surface area contributed by atoms with Crippen LogP contribution in [0.5, 0.6) is 0 Å². The summed E-state index contributed by atoms with van der Waals surface area (Å²) in [6, 6.07) is 0.0293. The van der Waals surface area contributed by atoms with Gasteiger partial charge in [0.1, 0.15) is 0 Å². The molecule has 2 aliphatic heterocycles. The van der Waals surface area contributed by atoms with Crippen LogP contribution in [0, 0.1) is 0 Å². The van der Waals surface area contributed by atoms with Gasteiger partial charge in [-0.2, -0.15) is 0 Å². The second-order valence-corrected chi connectivity index (χ2v) is 9.17. The fraction of sp³-hybridized carbons (Fsp3) is 0.867. The summed E-state index contributed by atoms with van der Waals surface area (Å²) >= 11 is 0. The third-order valence-electron chi connectivity index (χ3n) is 5.24. The van der Waals surface area contributed by atoms with E-state index in [0.717, 1.165) is 38.4 Å². The van der Waals surface area contributed by atoms with E-state index >= 15 is 0 Å². The van der Waals surface area contributed by atoms with Gasteiger partial charge in [-0.3, -0.25) is 9.80 Å². The van der Waals surface area contributed by atoms with E-state index in [1.165, 1.54) is 0 Å². The highest BCUT2D eigenvalue weighted by atomic mass is 32.2. The largest absolute Gasteiger partial charge is 0.424 e. The SMILES string of the molecule is COCCN1CCN(Cc2nnc(C3CC3)o2)[C@H]2CS(=O)(=O)C[C@H]21. The molecule has 134 valence electrons. The van der Waals surface area contributed by atoms with E-state index in [9.17, 15) is 8.42 Å². The zero-order valence-electron chi connectivity index (χ0n) is 13.9. The molecule has 24 heavy (non-hydrogen) atoms. The van der Waals surface area contributed by atoms with E-state index in [2.05, 4.69) is 20.0 Å². The Morgan fingerprint density at radius 2 is 1.88 bits per heavy atom. The summed E-state index contributed by atoms with van der Waals surface area (Å²) in [6.45, 7) is 3.57. The molecule has 2 saturated heterocycles. The Hall–Kier alpha value is -1.03. The molecular weight excluding hydrogens is 332 g/mol. The maximum Gasteiger partial charge on any atom is 0.230 e. The van der Waals surface area contributed by atoms with Crippen LogP contribution >= 0.6 is 0 Å². The number of piperazine rings is 1. The van der Waals surface area contributed by atoms with Crippen LogP contribution in [0.15, 0.2) is 4.42 Å². The monoisotopic (exact) mass is 356 g/mol. The van der Waals surface area contributed by atoms with Crippen LogP contribution in [0.1, 0.15) is 30.5 Å². The van der Waals surface area contributed by atoms with Crippen molar-refractivity contribution in [2.45, 2.75) is 37.4 Å². The van der Waals surface area contributed by atoms with Crippen molar-refractivity contribution in [3.05, 3.63) is 11.8 Å². The molecule has 0 spiro atoms. The number of fused-ring (bicyclic) bond motifs is 1. The molecule has 0 N–H and O–H groups in total. The molecule has 0 bridgehead atoms. The van der Waals surface area contributed by atoms with E-state index in [0.29, 0.717) is 25.0 Å². The quantitative estimate of drug-likeness (QED) is 0.697. The topological polar surface area (TPSA) is 88.8 Å². The minimum Gasteiger partial charge on any atom is -0.424 e. The van der Waals surface area contributed by atoms with Crippen molar-refractivity contribution in [3.8, 4) is 0 Å². The van der Waals surface area contributed by atoms with Crippen LogP contribution in [-0.4, -0.2) is 85.4 Å². The molecule has 0 amide bonds. The number of ether oxygens (including phenoxy) is 1. The number of nitrogens with zero attached hydrogens (tertiary/aromatic N) is 4. The maximum atomic E-state index is 12.2.